The van der Waals surface area contributed by atoms with Crippen LogP contribution in [0.3, 0.4) is 0 Å². The molecule has 0 unspecified atom stereocenters. The summed E-state index contributed by atoms with van der Waals surface area (Å²) < 4.78 is 50.0. The summed E-state index contributed by atoms with van der Waals surface area (Å²) in [5, 5.41) is 11.5. The Kier molecular flexibility index (Phi) is 5.79. The van der Waals surface area contributed by atoms with Gasteiger partial charge in [-0.05, 0) is 70.0 Å². The van der Waals surface area contributed by atoms with Gasteiger partial charge in [-0.15, -0.1) is 10.2 Å². The van der Waals surface area contributed by atoms with E-state index < -0.39 is 29.0 Å². The summed E-state index contributed by atoms with van der Waals surface area (Å²) in [6.07, 6.45) is -3.55. The van der Waals surface area contributed by atoms with Gasteiger partial charge in [0.15, 0.2) is 0 Å². The van der Waals surface area contributed by atoms with Crippen LogP contribution in [0.1, 0.15) is 45.1 Å². The Morgan fingerprint density at radius 3 is 2.29 bits per heavy atom. The predicted molar refractivity (Wildman–Crippen MR) is 119 cm³/mol. The molecule has 0 radical (unpaired) electrons. The zero-order valence-electron chi connectivity index (χ0n) is 19.2. The molecule has 10 heteroatoms. The molecule has 3 aromatic rings. The van der Waals surface area contributed by atoms with Crippen LogP contribution in [0.4, 0.5) is 29.3 Å². The van der Waals surface area contributed by atoms with Gasteiger partial charge >= 0.3 is 12.3 Å². The summed E-state index contributed by atoms with van der Waals surface area (Å²) in [5.74, 6) is 0.536. The minimum Gasteiger partial charge on any atom is -0.444 e. The first-order valence-electron chi connectivity index (χ1n) is 10.7. The van der Waals surface area contributed by atoms with Crippen molar-refractivity contribution in [1.29, 1.82) is 0 Å². The van der Waals surface area contributed by atoms with Crippen LogP contribution in [0, 0.1) is 0 Å². The second-order valence-corrected chi connectivity index (χ2v) is 9.23. The van der Waals surface area contributed by atoms with E-state index >= 15 is 0 Å². The Labute approximate surface area is 194 Å². The number of para-hydroxylation sites is 1. The third-order valence-electron chi connectivity index (χ3n) is 5.50. The van der Waals surface area contributed by atoms with Crippen molar-refractivity contribution in [3.63, 3.8) is 0 Å². The van der Waals surface area contributed by atoms with Crippen LogP contribution in [0.25, 0.3) is 11.5 Å². The van der Waals surface area contributed by atoms with Crippen molar-refractivity contribution >= 4 is 17.5 Å². The minimum absolute atomic E-state index is 0.230. The number of nitrogens with zero attached hydrogens (tertiary/aromatic N) is 3. The number of carbonyl (C=O) groups is 1. The van der Waals surface area contributed by atoms with Gasteiger partial charge in [-0.3, -0.25) is 4.90 Å². The molecule has 0 spiro atoms. The molecule has 0 atom stereocenters. The van der Waals surface area contributed by atoms with Crippen molar-refractivity contribution < 1.29 is 27.1 Å². The van der Waals surface area contributed by atoms with Crippen molar-refractivity contribution in [3.8, 4) is 11.5 Å². The van der Waals surface area contributed by atoms with E-state index in [1.54, 1.807) is 52.1 Å². The number of halogens is 3. The Balaban J connectivity index is 1.56. The lowest BCUT2D eigenvalue weighted by Crippen LogP contribution is -2.41. The molecule has 1 fully saturated rings. The van der Waals surface area contributed by atoms with Gasteiger partial charge in [0.05, 0.1) is 16.8 Å². The number of ether oxygens (including phenoxy) is 1. The summed E-state index contributed by atoms with van der Waals surface area (Å²) in [6, 6.07) is 11.8. The van der Waals surface area contributed by atoms with Crippen molar-refractivity contribution in [3.05, 3.63) is 60.0 Å². The first kappa shape index (κ1) is 23.6. The minimum atomic E-state index is -4.40. The van der Waals surface area contributed by atoms with E-state index in [1.807, 2.05) is 0 Å². The molecular formula is C24H25F3N4O3. The molecule has 0 bridgehead atoms. The van der Waals surface area contributed by atoms with Crippen molar-refractivity contribution in [2.75, 3.05) is 12.4 Å². The zero-order chi connectivity index (χ0) is 24.7. The maximum Gasteiger partial charge on any atom is 0.416 e. The first-order valence-corrected chi connectivity index (χ1v) is 10.7. The monoisotopic (exact) mass is 474 g/mol. The third-order valence-corrected chi connectivity index (χ3v) is 5.50. The number of nitrogens with one attached hydrogen (secondary N) is 1. The Hall–Kier alpha value is -3.56. The topological polar surface area (TPSA) is 80.5 Å². The number of aromatic nitrogens is 2. The average molecular weight is 474 g/mol. The van der Waals surface area contributed by atoms with Crippen LogP contribution in [0.2, 0.25) is 0 Å². The van der Waals surface area contributed by atoms with E-state index in [1.165, 1.54) is 17.0 Å². The number of anilines is 2. The van der Waals surface area contributed by atoms with E-state index in [0.717, 1.165) is 12.1 Å². The van der Waals surface area contributed by atoms with Crippen LogP contribution in [-0.2, 0) is 16.5 Å². The van der Waals surface area contributed by atoms with Gasteiger partial charge in [0, 0.05) is 12.7 Å². The molecule has 1 aliphatic rings. The molecule has 1 amide bonds. The SMILES string of the molecule is CN(C(=O)OC(C)(C)C)C1(c2nnc(-c3ccccc3Nc3ccc(C(F)(F)F)cc3)o2)CC1. The molecule has 180 valence electrons. The highest BCUT2D eigenvalue weighted by atomic mass is 19.4. The lowest BCUT2D eigenvalue weighted by molar-refractivity contribution is -0.137. The van der Waals surface area contributed by atoms with Gasteiger partial charge < -0.3 is 14.5 Å². The van der Waals surface area contributed by atoms with Crippen LogP contribution in [0.5, 0.6) is 0 Å². The van der Waals surface area contributed by atoms with E-state index in [0.29, 0.717) is 35.7 Å². The van der Waals surface area contributed by atoms with Crippen molar-refractivity contribution in [2.45, 2.75) is 50.9 Å². The van der Waals surface area contributed by atoms with Gasteiger partial charge in [0.2, 0.25) is 11.8 Å². The number of benzene rings is 2. The molecule has 2 aromatic carbocycles. The van der Waals surface area contributed by atoms with Crippen molar-refractivity contribution in [2.24, 2.45) is 0 Å². The number of alkyl halides is 3. The maximum atomic E-state index is 12.8. The van der Waals surface area contributed by atoms with E-state index in [4.69, 9.17) is 9.15 Å². The van der Waals surface area contributed by atoms with Gasteiger partial charge in [-0.1, -0.05) is 12.1 Å². The normalized spacial score (nSPS) is 15.0. The fraction of sp³-hybridized carbons (Fsp3) is 0.375. The number of hydrogen-bond acceptors (Lipinski definition) is 6. The molecule has 1 aromatic heterocycles. The van der Waals surface area contributed by atoms with Crippen LogP contribution in [0.15, 0.2) is 52.9 Å². The number of hydrogen-bond donors (Lipinski definition) is 1. The Morgan fingerprint density at radius 1 is 1.06 bits per heavy atom. The number of rotatable bonds is 5. The zero-order valence-corrected chi connectivity index (χ0v) is 19.2. The quantitative estimate of drug-likeness (QED) is 0.464. The van der Waals surface area contributed by atoms with Crippen LogP contribution >= 0.6 is 0 Å². The molecule has 1 N–H and O–H groups in total. The number of carbonyl (C=O) groups excluding carboxylic acids is 1. The summed E-state index contributed by atoms with van der Waals surface area (Å²) in [4.78, 5) is 14.1. The summed E-state index contributed by atoms with van der Waals surface area (Å²) in [6.45, 7) is 5.39. The lowest BCUT2D eigenvalue weighted by Gasteiger charge is -2.28. The Morgan fingerprint density at radius 2 is 1.71 bits per heavy atom. The highest BCUT2D eigenvalue weighted by molar-refractivity contribution is 5.77. The first-order chi connectivity index (χ1) is 15.9. The van der Waals surface area contributed by atoms with Crippen LogP contribution < -0.4 is 5.32 Å². The van der Waals surface area contributed by atoms with E-state index in [2.05, 4.69) is 15.5 Å². The summed E-state index contributed by atoms with van der Waals surface area (Å²) in [7, 11) is 1.64. The lowest BCUT2D eigenvalue weighted by atomic mass is 10.1. The predicted octanol–water partition coefficient (Wildman–Crippen LogP) is 6.36. The van der Waals surface area contributed by atoms with Gasteiger partial charge in [0.1, 0.15) is 11.1 Å². The molecule has 4 rings (SSSR count). The smallest absolute Gasteiger partial charge is 0.416 e. The number of amides is 1. The second kappa shape index (κ2) is 8.34. The fourth-order valence-corrected chi connectivity index (χ4v) is 3.51. The van der Waals surface area contributed by atoms with E-state index in [-0.39, 0.29) is 5.89 Å². The van der Waals surface area contributed by atoms with Crippen molar-refractivity contribution in [1.82, 2.24) is 15.1 Å². The molecule has 34 heavy (non-hydrogen) atoms. The molecular weight excluding hydrogens is 449 g/mol. The van der Waals surface area contributed by atoms with E-state index in [9.17, 15) is 18.0 Å². The second-order valence-electron chi connectivity index (χ2n) is 9.23. The molecule has 1 heterocycles. The van der Waals surface area contributed by atoms with Gasteiger partial charge in [0.25, 0.3) is 0 Å². The summed E-state index contributed by atoms with van der Waals surface area (Å²) in [5.41, 5.74) is -0.437. The molecule has 1 aliphatic carbocycles. The molecule has 7 nitrogen and oxygen atoms in total. The van der Waals surface area contributed by atoms with Gasteiger partial charge in [-0.25, -0.2) is 4.79 Å². The highest BCUT2D eigenvalue weighted by Gasteiger charge is 2.55. The largest absolute Gasteiger partial charge is 0.444 e. The maximum absolute atomic E-state index is 12.8. The Bertz CT molecular complexity index is 1180. The standard InChI is InChI=1S/C24H25F3N4O3/c1-22(2,3)34-21(32)31(4)23(13-14-23)20-30-29-19(33-20)17-7-5-6-8-18(17)28-16-11-9-15(10-12-16)24(25,26)27/h5-12,28H,13-14H2,1-4H3. The fourth-order valence-electron chi connectivity index (χ4n) is 3.51. The molecule has 1 saturated carbocycles. The third kappa shape index (κ3) is 4.85. The molecule has 0 aliphatic heterocycles. The van der Waals surface area contributed by atoms with Crippen LogP contribution in [-0.4, -0.2) is 33.8 Å². The highest BCUT2D eigenvalue weighted by Crippen LogP contribution is 2.50. The van der Waals surface area contributed by atoms with Gasteiger partial charge in [-0.2, -0.15) is 13.2 Å². The average Bonchev–Trinajstić information content (AvgIpc) is 3.41. The summed E-state index contributed by atoms with van der Waals surface area (Å²) >= 11 is 0. The molecule has 0 saturated heterocycles.